The molecule has 2 heteroatoms. The number of allylic oxidation sites excluding steroid dienone is 9. The summed E-state index contributed by atoms with van der Waals surface area (Å²) in [7, 11) is 0. The first-order chi connectivity index (χ1) is 22.8. The van der Waals surface area contributed by atoms with Crippen LogP contribution < -0.4 is 9.80 Å². The van der Waals surface area contributed by atoms with Crippen LogP contribution in [-0.2, 0) is 6.42 Å². The Balaban J connectivity index is 1.55. The topological polar surface area (TPSA) is 6.48 Å². The lowest BCUT2D eigenvalue weighted by molar-refractivity contribution is 1.05. The molecular weight excluding hydrogens is 569 g/mol. The number of hydrogen-bond donors (Lipinski definition) is 0. The highest BCUT2D eigenvalue weighted by atomic mass is 15.2. The number of fused-ring (bicyclic) bond motifs is 1. The zero-order chi connectivity index (χ0) is 32.9. The second kappa shape index (κ2) is 14.0. The van der Waals surface area contributed by atoms with Gasteiger partial charge in [0.25, 0.3) is 0 Å². The van der Waals surface area contributed by atoms with Crippen molar-refractivity contribution in [3.05, 3.63) is 190 Å². The second-order valence-electron chi connectivity index (χ2n) is 12.6. The number of benzene rings is 4. The molecule has 0 N–H and O–H groups in total. The third kappa shape index (κ3) is 6.93. The van der Waals surface area contributed by atoms with E-state index < -0.39 is 0 Å². The quantitative estimate of drug-likeness (QED) is 0.183. The summed E-state index contributed by atoms with van der Waals surface area (Å²) in [6.45, 7) is 14.7. The van der Waals surface area contributed by atoms with Gasteiger partial charge in [0.2, 0.25) is 0 Å². The van der Waals surface area contributed by atoms with Crippen molar-refractivity contribution >= 4 is 34.9 Å². The van der Waals surface area contributed by atoms with Gasteiger partial charge in [0, 0.05) is 40.4 Å². The Bertz CT molecular complexity index is 1910. The van der Waals surface area contributed by atoms with Crippen molar-refractivity contribution < 1.29 is 0 Å². The summed E-state index contributed by atoms with van der Waals surface area (Å²) < 4.78 is 0. The highest BCUT2D eigenvalue weighted by Gasteiger charge is 2.24. The predicted octanol–water partition coefficient (Wildman–Crippen LogP) is 12.4. The number of aryl methyl sites for hydroxylation is 3. The van der Waals surface area contributed by atoms with E-state index in [2.05, 4.69) is 184 Å². The largest absolute Gasteiger partial charge is 0.311 e. The molecule has 2 aliphatic rings. The van der Waals surface area contributed by atoms with E-state index in [1.165, 1.54) is 50.3 Å². The van der Waals surface area contributed by atoms with E-state index in [0.717, 1.165) is 41.2 Å². The second-order valence-corrected chi connectivity index (χ2v) is 12.6. The molecule has 0 amide bonds. The maximum absolute atomic E-state index is 4.13. The summed E-state index contributed by atoms with van der Waals surface area (Å²) in [6.07, 6.45) is 21.9. The molecule has 0 spiro atoms. The van der Waals surface area contributed by atoms with Crippen LogP contribution in [0, 0.1) is 20.8 Å². The monoisotopic (exact) mass is 612 g/mol. The normalized spacial score (nSPS) is 17.0. The molecule has 4 aromatic carbocycles. The molecule has 234 valence electrons. The maximum Gasteiger partial charge on any atom is 0.0537 e. The van der Waals surface area contributed by atoms with E-state index in [4.69, 9.17) is 0 Å². The number of anilines is 4. The van der Waals surface area contributed by atoms with Crippen LogP contribution in [0.25, 0.3) is 12.2 Å². The van der Waals surface area contributed by atoms with Gasteiger partial charge in [0.1, 0.15) is 0 Å². The van der Waals surface area contributed by atoms with Gasteiger partial charge < -0.3 is 9.80 Å². The first-order valence-corrected chi connectivity index (χ1v) is 16.5. The van der Waals surface area contributed by atoms with E-state index in [9.17, 15) is 0 Å². The van der Waals surface area contributed by atoms with Crippen molar-refractivity contribution in [3.63, 3.8) is 0 Å². The van der Waals surface area contributed by atoms with Gasteiger partial charge in [0.15, 0.2) is 0 Å². The van der Waals surface area contributed by atoms with E-state index in [1.807, 2.05) is 6.92 Å². The van der Waals surface area contributed by atoms with E-state index >= 15 is 0 Å². The smallest absolute Gasteiger partial charge is 0.0537 e. The van der Waals surface area contributed by atoms with E-state index in [1.54, 1.807) is 0 Å². The highest BCUT2D eigenvalue weighted by Crippen LogP contribution is 2.42. The Hall–Kier alpha value is -5.34. The standard InChI is InChI=1S/C45H44N2/c1-7-38(23-13-32(2)3)46(39-24-14-33(4)15-25-39)44-12-10-8-9-11-42-43-31-37(44)21-20-36(43)22-30-45(42)47(40-26-16-34(5)17-27-40)41-28-18-35(6)19-29-41/h7,9-30H,2,8,31H2,1,3-6H3/b11-9-,12-10-,23-13-,38-7+,44-37+. The van der Waals surface area contributed by atoms with Crippen LogP contribution in [0.1, 0.15) is 53.6 Å². The molecule has 0 radical (unpaired) electrons. The zero-order valence-electron chi connectivity index (χ0n) is 28.3. The average Bonchev–Trinajstić information content (AvgIpc) is 3.07. The van der Waals surface area contributed by atoms with Crippen molar-refractivity contribution in [2.45, 2.75) is 47.5 Å². The molecule has 0 saturated carbocycles. The first kappa shape index (κ1) is 31.6. The third-order valence-corrected chi connectivity index (χ3v) is 8.81. The Morgan fingerprint density at radius 3 is 1.81 bits per heavy atom. The van der Waals surface area contributed by atoms with Crippen LogP contribution >= 0.6 is 0 Å². The van der Waals surface area contributed by atoms with Crippen LogP contribution in [0.3, 0.4) is 0 Å². The molecule has 0 aromatic heterocycles. The molecule has 6 rings (SSSR count). The molecule has 0 fully saturated rings. The molecule has 2 nitrogen and oxygen atoms in total. The van der Waals surface area contributed by atoms with Gasteiger partial charge in [0.05, 0.1) is 5.69 Å². The molecule has 0 aliphatic heterocycles. The SMILES string of the molecule is C=C(C)/C=C\C(=C/C)N(C1=C2\C=Cc3ccc(N(c4ccc(C)cc4)c4ccc(C)cc4)c(c3C2)/C=C\C/C=C\1)c1ccc(C)cc1. The van der Waals surface area contributed by atoms with Crippen LogP contribution in [-0.4, -0.2) is 0 Å². The van der Waals surface area contributed by atoms with Gasteiger partial charge in [-0.05, 0) is 112 Å². The Labute approximate surface area is 281 Å². The summed E-state index contributed by atoms with van der Waals surface area (Å²) in [6, 6.07) is 31.1. The summed E-state index contributed by atoms with van der Waals surface area (Å²) in [5.41, 5.74) is 16.8. The van der Waals surface area contributed by atoms with Gasteiger partial charge in [-0.15, -0.1) is 0 Å². The van der Waals surface area contributed by atoms with Gasteiger partial charge >= 0.3 is 0 Å². The van der Waals surface area contributed by atoms with Crippen molar-refractivity contribution in [1.29, 1.82) is 0 Å². The fraction of sp³-hybridized carbons (Fsp3) is 0.156. The van der Waals surface area contributed by atoms with Gasteiger partial charge in [-0.2, -0.15) is 0 Å². The van der Waals surface area contributed by atoms with Crippen molar-refractivity contribution in [1.82, 2.24) is 0 Å². The number of nitrogens with zero attached hydrogens (tertiary/aromatic N) is 2. The molecule has 0 atom stereocenters. The fourth-order valence-electron chi connectivity index (χ4n) is 6.25. The lowest BCUT2D eigenvalue weighted by Crippen LogP contribution is -2.23. The van der Waals surface area contributed by atoms with E-state index in [-0.39, 0.29) is 0 Å². The molecule has 0 heterocycles. The minimum absolute atomic E-state index is 0.818. The number of rotatable bonds is 8. The molecule has 47 heavy (non-hydrogen) atoms. The summed E-state index contributed by atoms with van der Waals surface area (Å²) in [5.74, 6) is 0. The minimum Gasteiger partial charge on any atom is -0.311 e. The maximum atomic E-state index is 4.13. The molecule has 0 unspecified atom stereocenters. The molecule has 4 aromatic rings. The van der Waals surface area contributed by atoms with Gasteiger partial charge in [-0.3, -0.25) is 0 Å². The summed E-state index contributed by atoms with van der Waals surface area (Å²) in [5, 5.41) is 0. The van der Waals surface area contributed by atoms with Crippen LogP contribution in [0.2, 0.25) is 0 Å². The van der Waals surface area contributed by atoms with Crippen molar-refractivity contribution in [3.8, 4) is 0 Å². The minimum atomic E-state index is 0.818. The fourth-order valence-corrected chi connectivity index (χ4v) is 6.25. The molecular formula is C45H44N2. The zero-order valence-corrected chi connectivity index (χ0v) is 28.3. The van der Waals surface area contributed by atoms with Crippen molar-refractivity contribution in [2.75, 3.05) is 9.80 Å². The molecule has 2 aliphatic carbocycles. The lowest BCUT2D eigenvalue weighted by Gasteiger charge is -2.32. The average molecular weight is 613 g/mol. The van der Waals surface area contributed by atoms with Crippen LogP contribution in [0.5, 0.6) is 0 Å². The van der Waals surface area contributed by atoms with Gasteiger partial charge in [-0.25, -0.2) is 0 Å². The first-order valence-electron chi connectivity index (χ1n) is 16.5. The third-order valence-electron chi connectivity index (χ3n) is 8.81. The van der Waals surface area contributed by atoms with E-state index in [0.29, 0.717) is 0 Å². The number of hydrogen-bond acceptors (Lipinski definition) is 2. The molecule has 2 bridgehead atoms. The lowest BCUT2D eigenvalue weighted by atomic mass is 9.86. The van der Waals surface area contributed by atoms with Crippen LogP contribution in [0.15, 0.2) is 157 Å². The predicted molar refractivity (Wildman–Crippen MR) is 205 cm³/mol. The Kier molecular flexibility index (Phi) is 9.40. The molecule has 0 saturated heterocycles. The summed E-state index contributed by atoms with van der Waals surface area (Å²) >= 11 is 0. The summed E-state index contributed by atoms with van der Waals surface area (Å²) in [4.78, 5) is 4.79. The highest BCUT2D eigenvalue weighted by molar-refractivity contribution is 5.86. The Morgan fingerprint density at radius 1 is 0.660 bits per heavy atom. The van der Waals surface area contributed by atoms with Crippen LogP contribution in [0.4, 0.5) is 22.7 Å². The Morgan fingerprint density at radius 2 is 1.23 bits per heavy atom. The van der Waals surface area contributed by atoms with Crippen molar-refractivity contribution in [2.24, 2.45) is 0 Å². The van der Waals surface area contributed by atoms with Gasteiger partial charge in [-0.1, -0.05) is 114 Å².